The molecule has 1 aliphatic carbocycles. The number of nitrogens with zero attached hydrogens (tertiary/aromatic N) is 2. The first-order valence-electron chi connectivity index (χ1n) is 6.44. The normalized spacial score (nSPS) is 15.7. The van der Waals surface area contributed by atoms with Crippen LogP contribution in [0, 0.1) is 15.9 Å². The van der Waals surface area contributed by atoms with Crippen LogP contribution in [0.25, 0.3) is 0 Å². The van der Waals surface area contributed by atoms with Crippen LogP contribution < -0.4 is 4.90 Å². The molecule has 1 aliphatic rings. The third-order valence-electron chi connectivity index (χ3n) is 3.52. The summed E-state index contributed by atoms with van der Waals surface area (Å²) in [5.74, 6) is -0.620. The summed E-state index contributed by atoms with van der Waals surface area (Å²) < 4.78 is 13.5. The molecule has 1 fully saturated rings. The predicted molar refractivity (Wildman–Crippen MR) is 69.7 cm³/mol. The molecule has 0 aliphatic heterocycles. The Bertz CT molecular complexity index is 461. The zero-order chi connectivity index (χ0) is 13.8. The van der Waals surface area contributed by atoms with Crippen molar-refractivity contribution in [3.63, 3.8) is 0 Å². The van der Waals surface area contributed by atoms with Gasteiger partial charge in [-0.2, -0.15) is 0 Å². The standard InChI is InChI=1S/C13H17FN2O3/c14-10-7-12(9-13(8-10)16(18)19)15(5-6-17)11-3-1-2-4-11/h7-9,11,17H,1-6H2. The quantitative estimate of drug-likeness (QED) is 0.658. The number of rotatable bonds is 5. The van der Waals surface area contributed by atoms with E-state index < -0.39 is 10.7 Å². The lowest BCUT2D eigenvalue weighted by Crippen LogP contribution is -2.35. The molecule has 1 aromatic carbocycles. The average molecular weight is 268 g/mol. The number of nitro benzene ring substituents is 1. The SMILES string of the molecule is O=[N+]([O-])c1cc(F)cc(N(CCO)C2CCCC2)c1. The van der Waals surface area contributed by atoms with Crippen LogP contribution in [-0.2, 0) is 0 Å². The molecule has 2 rings (SSSR count). The summed E-state index contributed by atoms with van der Waals surface area (Å²) in [4.78, 5) is 12.1. The van der Waals surface area contributed by atoms with E-state index in [0.29, 0.717) is 12.2 Å². The van der Waals surface area contributed by atoms with E-state index in [4.69, 9.17) is 5.11 Å². The van der Waals surface area contributed by atoms with Gasteiger partial charge in [0.15, 0.2) is 0 Å². The van der Waals surface area contributed by atoms with Gasteiger partial charge in [0.2, 0.25) is 0 Å². The van der Waals surface area contributed by atoms with E-state index in [1.54, 1.807) is 0 Å². The third kappa shape index (κ3) is 3.20. The molecule has 0 spiro atoms. The summed E-state index contributed by atoms with van der Waals surface area (Å²) >= 11 is 0. The van der Waals surface area contributed by atoms with Crippen molar-refractivity contribution >= 4 is 11.4 Å². The second kappa shape index (κ2) is 5.97. The maximum Gasteiger partial charge on any atom is 0.274 e. The van der Waals surface area contributed by atoms with Crippen molar-refractivity contribution in [1.29, 1.82) is 0 Å². The first-order chi connectivity index (χ1) is 9.11. The highest BCUT2D eigenvalue weighted by atomic mass is 19.1. The van der Waals surface area contributed by atoms with Crippen LogP contribution in [0.3, 0.4) is 0 Å². The van der Waals surface area contributed by atoms with Crippen LogP contribution in [0.5, 0.6) is 0 Å². The molecule has 104 valence electrons. The minimum Gasteiger partial charge on any atom is -0.395 e. The smallest absolute Gasteiger partial charge is 0.274 e. The summed E-state index contributed by atoms with van der Waals surface area (Å²) in [6.07, 6.45) is 4.16. The third-order valence-corrected chi connectivity index (χ3v) is 3.52. The molecule has 0 heterocycles. The summed E-state index contributed by atoms with van der Waals surface area (Å²) in [6, 6.07) is 3.81. The molecule has 6 heteroatoms. The van der Waals surface area contributed by atoms with Crippen molar-refractivity contribution in [3.05, 3.63) is 34.1 Å². The topological polar surface area (TPSA) is 66.6 Å². The monoisotopic (exact) mass is 268 g/mol. The number of benzene rings is 1. The molecule has 0 amide bonds. The van der Waals surface area contributed by atoms with Gasteiger partial charge >= 0.3 is 0 Å². The number of aliphatic hydroxyl groups is 1. The van der Waals surface area contributed by atoms with Crippen LogP contribution in [0.15, 0.2) is 18.2 Å². The molecule has 1 N–H and O–H groups in total. The number of anilines is 1. The van der Waals surface area contributed by atoms with Crippen molar-refractivity contribution in [1.82, 2.24) is 0 Å². The van der Waals surface area contributed by atoms with Gasteiger partial charge in [-0.15, -0.1) is 0 Å². The van der Waals surface area contributed by atoms with Crippen LogP contribution >= 0.6 is 0 Å². The summed E-state index contributed by atoms with van der Waals surface area (Å²) in [7, 11) is 0. The van der Waals surface area contributed by atoms with Crippen molar-refractivity contribution in [2.45, 2.75) is 31.7 Å². The van der Waals surface area contributed by atoms with Gasteiger partial charge < -0.3 is 10.0 Å². The molecule has 0 aromatic heterocycles. The number of hydrogen-bond acceptors (Lipinski definition) is 4. The van der Waals surface area contributed by atoms with Gasteiger partial charge in [0.1, 0.15) is 5.82 Å². The van der Waals surface area contributed by atoms with E-state index >= 15 is 0 Å². The highest BCUT2D eigenvalue weighted by molar-refractivity contribution is 5.54. The Hall–Kier alpha value is -1.69. The number of halogens is 1. The Kier molecular flexibility index (Phi) is 4.31. The second-order valence-corrected chi connectivity index (χ2v) is 4.78. The van der Waals surface area contributed by atoms with Crippen LogP contribution in [0.1, 0.15) is 25.7 Å². The Balaban J connectivity index is 2.32. The summed E-state index contributed by atoms with van der Waals surface area (Å²) in [6.45, 7) is 0.312. The van der Waals surface area contributed by atoms with Gasteiger partial charge in [-0.05, 0) is 18.9 Å². The van der Waals surface area contributed by atoms with Crippen LogP contribution in [-0.4, -0.2) is 29.2 Å². The largest absolute Gasteiger partial charge is 0.395 e. The molecule has 0 saturated heterocycles. The second-order valence-electron chi connectivity index (χ2n) is 4.78. The molecular formula is C13H17FN2O3. The number of aliphatic hydroxyl groups excluding tert-OH is 1. The minimum absolute atomic E-state index is 0.0548. The van der Waals surface area contributed by atoms with E-state index in [1.807, 2.05) is 4.90 Å². The van der Waals surface area contributed by atoms with Gasteiger partial charge in [-0.1, -0.05) is 12.8 Å². The molecule has 0 unspecified atom stereocenters. The van der Waals surface area contributed by atoms with Crippen molar-refractivity contribution in [2.24, 2.45) is 0 Å². The molecule has 19 heavy (non-hydrogen) atoms. The van der Waals surface area contributed by atoms with E-state index in [-0.39, 0.29) is 18.3 Å². The summed E-state index contributed by atoms with van der Waals surface area (Å²) in [5.41, 5.74) is 0.226. The van der Waals surface area contributed by atoms with E-state index in [9.17, 15) is 14.5 Å². The van der Waals surface area contributed by atoms with Gasteiger partial charge in [0, 0.05) is 24.3 Å². The minimum atomic E-state index is -0.620. The first kappa shape index (κ1) is 13.7. The molecule has 0 atom stereocenters. The number of nitro groups is 1. The van der Waals surface area contributed by atoms with Crippen LogP contribution in [0.4, 0.5) is 15.8 Å². The number of hydrogen-bond donors (Lipinski definition) is 1. The van der Waals surface area contributed by atoms with Gasteiger partial charge in [0.05, 0.1) is 17.6 Å². The fraction of sp³-hybridized carbons (Fsp3) is 0.538. The average Bonchev–Trinajstić information content (AvgIpc) is 2.88. The predicted octanol–water partition coefficient (Wildman–Crippen LogP) is 2.48. The highest BCUT2D eigenvalue weighted by Crippen LogP contribution is 2.30. The maximum atomic E-state index is 13.5. The summed E-state index contributed by atoms with van der Waals surface area (Å²) in [5, 5.41) is 19.9. The lowest BCUT2D eigenvalue weighted by atomic mass is 10.1. The molecule has 0 radical (unpaired) electrons. The molecule has 0 bridgehead atoms. The van der Waals surface area contributed by atoms with Crippen LogP contribution in [0.2, 0.25) is 0 Å². The van der Waals surface area contributed by atoms with E-state index in [0.717, 1.165) is 31.7 Å². The fourth-order valence-corrected chi connectivity index (χ4v) is 2.68. The lowest BCUT2D eigenvalue weighted by molar-refractivity contribution is -0.385. The zero-order valence-corrected chi connectivity index (χ0v) is 10.6. The Morgan fingerprint density at radius 1 is 1.37 bits per heavy atom. The van der Waals surface area contributed by atoms with E-state index in [2.05, 4.69) is 0 Å². The maximum absolute atomic E-state index is 13.5. The van der Waals surface area contributed by atoms with Crippen molar-refractivity contribution in [3.8, 4) is 0 Å². The van der Waals surface area contributed by atoms with Gasteiger partial charge in [-0.3, -0.25) is 10.1 Å². The van der Waals surface area contributed by atoms with Crippen molar-refractivity contribution < 1.29 is 14.4 Å². The highest BCUT2D eigenvalue weighted by Gasteiger charge is 2.24. The van der Waals surface area contributed by atoms with E-state index in [1.165, 1.54) is 12.1 Å². The lowest BCUT2D eigenvalue weighted by Gasteiger charge is -2.30. The Morgan fingerprint density at radius 2 is 2.05 bits per heavy atom. The van der Waals surface area contributed by atoms with Gasteiger partial charge in [0.25, 0.3) is 5.69 Å². The molecule has 5 nitrogen and oxygen atoms in total. The Labute approximate surface area is 110 Å². The molecule has 1 saturated carbocycles. The van der Waals surface area contributed by atoms with Gasteiger partial charge in [-0.25, -0.2) is 4.39 Å². The first-order valence-corrected chi connectivity index (χ1v) is 6.44. The molecule has 1 aromatic rings. The zero-order valence-electron chi connectivity index (χ0n) is 10.6. The number of non-ortho nitro benzene ring substituents is 1. The Morgan fingerprint density at radius 3 is 2.63 bits per heavy atom. The van der Waals surface area contributed by atoms with Crippen molar-refractivity contribution in [2.75, 3.05) is 18.1 Å². The molecular weight excluding hydrogens is 251 g/mol. The fourth-order valence-electron chi connectivity index (χ4n) is 2.68.